The lowest BCUT2D eigenvalue weighted by molar-refractivity contribution is -0.147. The van der Waals surface area contributed by atoms with Gasteiger partial charge >= 0.3 is 11.9 Å². The molecule has 12 nitrogen and oxygen atoms in total. The molecule has 0 radical (unpaired) electrons. The Balaban J connectivity index is 2.95. The van der Waals surface area contributed by atoms with Crippen LogP contribution in [-0.2, 0) is 30.4 Å². The third-order valence-electron chi connectivity index (χ3n) is 5.31. The van der Waals surface area contributed by atoms with E-state index in [1.54, 1.807) is 26.0 Å². The van der Waals surface area contributed by atoms with Gasteiger partial charge in [0.2, 0.25) is 17.7 Å². The number of phenolic OH excluding ortho intramolecular Hbond substituents is 1. The summed E-state index contributed by atoms with van der Waals surface area (Å²) >= 11 is 1.45. The fourth-order valence-electron chi connectivity index (χ4n) is 3.38. The number of phenols is 1. The van der Waals surface area contributed by atoms with Crippen LogP contribution in [0.15, 0.2) is 24.3 Å². The van der Waals surface area contributed by atoms with Crippen LogP contribution in [0.4, 0.5) is 0 Å². The standard InChI is InChI=1S/C24H36N4O8S/c1-13(2)10-18(23(34)28-19(24(35)36)12-20(30)31)27-22(33)17(8-9-37-3)26-21(32)16(25)11-14-4-6-15(29)7-5-14/h4-7,13,16-19,29H,8-12,25H2,1-3H3,(H,26,32)(H,27,33)(H,28,34)(H,30,31)(H,35,36). The first kappa shape index (κ1) is 31.7. The molecule has 0 heterocycles. The van der Waals surface area contributed by atoms with Crippen LogP contribution >= 0.6 is 11.8 Å². The number of carbonyl (C=O) groups excluding carboxylic acids is 3. The van der Waals surface area contributed by atoms with Crippen molar-refractivity contribution in [1.82, 2.24) is 16.0 Å². The smallest absolute Gasteiger partial charge is 0.326 e. The van der Waals surface area contributed by atoms with Gasteiger partial charge in [-0.1, -0.05) is 26.0 Å². The van der Waals surface area contributed by atoms with Crippen LogP contribution in [0, 0.1) is 5.92 Å². The maximum atomic E-state index is 13.1. The molecule has 4 unspecified atom stereocenters. The van der Waals surface area contributed by atoms with Crippen molar-refractivity contribution in [2.75, 3.05) is 12.0 Å². The number of carboxylic acids is 2. The molecule has 0 bridgehead atoms. The van der Waals surface area contributed by atoms with E-state index in [0.29, 0.717) is 11.3 Å². The molecule has 1 aromatic rings. The second-order valence-corrected chi connectivity index (χ2v) is 9.99. The summed E-state index contributed by atoms with van der Waals surface area (Å²) in [5, 5.41) is 34.9. The number of nitrogens with two attached hydrogens (primary N) is 1. The lowest BCUT2D eigenvalue weighted by atomic mass is 10.0. The van der Waals surface area contributed by atoms with Gasteiger partial charge in [-0.15, -0.1) is 0 Å². The Labute approximate surface area is 219 Å². The zero-order chi connectivity index (χ0) is 28.1. The number of hydrogen-bond acceptors (Lipinski definition) is 8. The molecular weight excluding hydrogens is 504 g/mol. The number of nitrogens with one attached hydrogen (secondary N) is 3. The molecule has 13 heteroatoms. The minimum atomic E-state index is -1.67. The highest BCUT2D eigenvalue weighted by molar-refractivity contribution is 7.98. The van der Waals surface area contributed by atoms with Crippen molar-refractivity contribution >= 4 is 41.4 Å². The monoisotopic (exact) mass is 540 g/mol. The van der Waals surface area contributed by atoms with E-state index in [1.165, 1.54) is 23.9 Å². The van der Waals surface area contributed by atoms with Gasteiger partial charge in [-0.05, 0) is 54.9 Å². The van der Waals surface area contributed by atoms with Gasteiger partial charge in [0.1, 0.15) is 23.9 Å². The Morgan fingerprint density at radius 3 is 1.95 bits per heavy atom. The highest BCUT2D eigenvalue weighted by atomic mass is 32.2. The molecule has 3 amide bonds. The second kappa shape index (κ2) is 15.7. The van der Waals surface area contributed by atoms with Crippen LogP contribution in [0.3, 0.4) is 0 Å². The van der Waals surface area contributed by atoms with Crippen LogP contribution in [-0.4, -0.2) is 81.2 Å². The minimum Gasteiger partial charge on any atom is -0.508 e. The van der Waals surface area contributed by atoms with Crippen molar-refractivity contribution in [3.63, 3.8) is 0 Å². The van der Waals surface area contributed by atoms with Crippen LogP contribution < -0.4 is 21.7 Å². The van der Waals surface area contributed by atoms with Crippen molar-refractivity contribution < 1.29 is 39.3 Å². The topological polar surface area (TPSA) is 208 Å². The molecule has 0 saturated carbocycles. The molecule has 0 aliphatic heterocycles. The number of carboxylic acid groups (broad SMARTS) is 2. The van der Waals surface area contributed by atoms with E-state index >= 15 is 0 Å². The predicted molar refractivity (Wildman–Crippen MR) is 138 cm³/mol. The Morgan fingerprint density at radius 2 is 1.43 bits per heavy atom. The summed E-state index contributed by atoms with van der Waals surface area (Å²) in [5.74, 6) is -4.46. The molecule has 0 aromatic heterocycles. The van der Waals surface area contributed by atoms with Crippen LogP contribution in [0.25, 0.3) is 0 Å². The molecule has 0 aliphatic rings. The van der Waals surface area contributed by atoms with E-state index in [-0.39, 0.29) is 30.9 Å². The summed E-state index contributed by atoms with van der Waals surface area (Å²) in [6.45, 7) is 3.60. The van der Waals surface area contributed by atoms with Gasteiger partial charge < -0.3 is 37.0 Å². The van der Waals surface area contributed by atoms with E-state index in [9.17, 15) is 34.2 Å². The zero-order valence-electron chi connectivity index (χ0n) is 21.1. The van der Waals surface area contributed by atoms with Crippen molar-refractivity contribution in [1.29, 1.82) is 0 Å². The molecule has 8 N–H and O–H groups in total. The van der Waals surface area contributed by atoms with E-state index < -0.39 is 60.2 Å². The Hall–Kier alpha value is -3.32. The molecule has 1 aromatic carbocycles. The van der Waals surface area contributed by atoms with Gasteiger partial charge in [0.05, 0.1) is 12.5 Å². The van der Waals surface area contributed by atoms with Crippen molar-refractivity contribution in [2.24, 2.45) is 11.7 Å². The maximum Gasteiger partial charge on any atom is 0.326 e. The fourth-order valence-corrected chi connectivity index (χ4v) is 3.86. The molecule has 0 spiro atoms. The summed E-state index contributed by atoms with van der Waals surface area (Å²) in [4.78, 5) is 60.9. The highest BCUT2D eigenvalue weighted by Crippen LogP contribution is 2.12. The minimum absolute atomic E-state index is 0.0724. The Bertz CT molecular complexity index is 941. The average molecular weight is 541 g/mol. The summed E-state index contributed by atoms with van der Waals surface area (Å²) in [7, 11) is 0. The summed E-state index contributed by atoms with van der Waals surface area (Å²) in [5.41, 5.74) is 6.74. The lowest BCUT2D eigenvalue weighted by Crippen LogP contribution is -2.57. The number of thioether (sulfide) groups is 1. The van der Waals surface area contributed by atoms with Gasteiger partial charge in [-0.3, -0.25) is 19.2 Å². The number of aliphatic carboxylic acids is 2. The van der Waals surface area contributed by atoms with Crippen molar-refractivity contribution in [3.8, 4) is 5.75 Å². The van der Waals surface area contributed by atoms with E-state index in [0.717, 1.165) is 0 Å². The average Bonchev–Trinajstić information content (AvgIpc) is 2.81. The van der Waals surface area contributed by atoms with Gasteiger partial charge in [-0.2, -0.15) is 11.8 Å². The largest absolute Gasteiger partial charge is 0.508 e. The lowest BCUT2D eigenvalue weighted by Gasteiger charge is -2.26. The van der Waals surface area contributed by atoms with Gasteiger partial charge in [0.15, 0.2) is 0 Å². The SMILES string of the molecule is CSCCC(NC(=O)C(N)Cc1ccc(O)cc1)C(=O)NC(CC(C)C)C(=O)NC(CC(=O)O)C(=O)O. The molecule has 0 aliphatic carbocycles. The number of benzene rings is 1. The van der Waals surface area contributed by atoms with E-state index in [4.69, 9.17) is 10.8 Å². The summed E-state index contributed by atoms with van der Waals surface area (Å²) in [6, 6.07) is 1.40. The normalized spacial score (nSPS) is 14.2. The van der Waals surface area contributed by atoms with Gasteiger partial charge in [0, 0.05) is 0 Å². The maximum absolute atomic E-state index is 13.1. The summed E-state index contributed by atoms with van der Waals surface area (Å²) in [6.07, 6.45) is 1.57. The Kier molecular flexibility index (Phi) is 13.5. The van der Waals surface area contributed by atoms with Crippen LogP contribution in [0.2, 0.25) is 0 Å². The molecule has 4 atom stereocenters. The quantitative estimate of drug-likeness (QED) is 0.150. The predicted octanol–water partition coefficient (Wildman–Crippen LogP) is 0.0749. The van der Waals surface area contributed by atoms with Gasteiger partial charge in [-0.25, -0.2) is 4.79 Å². The molecule has 37 heavy (non-hydrogen) atoms. The first-order chi connectivity index (χ1) is 17.3. The number of aromatic hydroxyl groups is 1. The van der Waals surface area contributed by atoms with E-state index in [2.05, 4.69) is 16.0 Å². The van der Waals surface area contributed by atoms with Crippen LogP contribution in [0.5, 0.6) is 5.75 Å². The Morgan fingerprint density at radius 1 is 0.892 bits per heavy atom. The zero-order valence-corrected chi connectivity index (χ0v) is 21.9. The van der Waals surface area contributed by atoms with Gasteiger partial charge in [0.25, 0.3) is 0 Å². The van der Waals surface area contributed by atoms with Crippen molar-refractivity contribution in [3.05, 3.63) is 29.8 Å². The third-order valence-corrected chi connectivity index (χ3v) is 5.95. The number of hydrogen-bond donors (Lipinski definition) is 7. The van der Waals surface area contributed by atoms with E-state index in [1.807, 2.05) is 6.26 Å². The molecule has 1 rings (SSSR count). The van der Waals surface area contributed by atoms with Crippen molar-refractivity contribution in [2.45, 2.75) is 63.7 Å². The number of carbonyl (C=O) groups is 5. The molecule has 0 saturated heterocycles. The number of amides is 3. The van der Waals surface area contributed by atoms with Crippen LogP contribution in [0.1, 0.15) is 38.7 Å². The molecular formula is C24H36N4O8S. The molecule has 206 valence electrons. The fraction of sp³-hybridized carbons (Fsp3) is 0.542. The first-order valence-corrected chi connectivity index (χ1v) is 13.1. The third kappa shape index (κ3) is 12.0. The molecule has 0 fully saturated rings. The summed E-state index contributed by atoms with van der Waals surface area (Å²) < 4.78 is 0. The number of rotatable bonds is 16. The highest BCUT2D eigenvalue weighted by Gasteiger charge is 2.31. The first-order valence-electron chi connectivity index (χ1n) is 11.7. The second-order valence-electron chi connectivity index (χ2n) is 9.01.